The second-order valence-electron chi connectivity index (χ2n) is 8.37. The second kappa shape index (κ2) is 13.3. The molecular weight excluding hydrogens is 478 g/mol. The van der Waals surface area contributed by atoms with Crippen molar-refractivity contribution < 1.29 is 58.8 Å². The monoisotopic (exact) mass is 506 g/mol. The average Bonchev–Trinajstić information content (AvgIpc) is 3.17. The summed E-state index contributed by atoms with van der Waals surface area (Å²) in [5.74, 6) is -0.780. The smallest absolute Gasteiger partial charge is 0.550 e. The number of carboxylic acid groups (broad SMARTS) is 1. The molecule has 5 nitrogen and oxygen atoms in total. The molecule has 2 atom stereocenters. The van der Waals surface area contributed by atoms with E-state index in [-0.39, 0.29) is 47.7 Å². The molecule has 2 aromatic carbocycles. The van der Waals surface area contributed by atoms with Crippen LogP contribution in [0.3, 0.4) is 0 Å². The first-order chi connectivity index (χ1) is 16.2. The third-order valence-electron chi connectivity index (χ3n) is 5.38. The molecule has 8 heteroatoms. The number of aliphatic hydroxyl groups is 2. The molecule has 0 bridgehead atoms. The third kappa shape index (κ3) is 7.74. The number of carbonyl (C=O) groups is 1. The van der Waals surface area contributed by atoms with Crippen molar-refractivity contribution in [3.63, 3.8) is 0 Å². The fourth-order valence-corrected chi connectivity index (χ4v) is 5.06. The number of thiophene rings is 1. The molecule has 0 amide bonds. The summed E-state index contributed by atoms with van der Waals surface area (Å²) in [7, 11) is 1.61. The normalized spacial score (nSPS) is 13.0. The first-order valence-corrected chi connectivity index (χ1v) is 11.8. The molecule has 0 saturated heterocycles. The van der Waals surface area contributed by atoms with E-state index in [0.29, 0.717) is 0 Å². The fraction of sp³-hybridized carbons (Fsp3) is 0.296. The van der Waals surface area contributed by atoms with Crippen LogP contribution in [0.25, 0.3) is 27.6 Å². The van der Waals surface area contributed by atoms with E-state index in [1.807, 2.05) is 24.3 Å². The van der Waals surface area contributed by atoms with Crippen LogP contribution < -0.4 is 39.4 Å². The van der Waals surface area contributed by atoms with Crippen LogP contribution in [-0.4, -0.2) is 35.5 Å². The van der Waals surface area contributed by atoms with Crippen molar-refractivity contribution >= 4 is 23.4 Å². The molecule has 0 aliphatic carbocycles. The van der Waals surface area contributed by atoms with Gasteiger partial charge in [-0.3, -0.25) is 0 Å². The summed E-state index contributed by atoms with van der Waals surface area (Å²) in [4.78, 5) is 12.8. The van der Waals surface area contributed by atoms with Crippen LogP contribution >= 0.6 is 11.3 Å². The Morgan fingerprint density at radius 2 is 1.69 bits per heavy atom. The van der Waals surface area contributed by atoms with Gasteiger partial charge in [-0.05, 0) is 59.0 Å². The molecule has 3 aromatic rings. The van der Waals surface area contributed by atoms with Gasteiger partial charge in [-0.25, -0.2) is 4.39 Å². The Balaban J connectivity index is 0.00000432. The van der Waals surface area contributed by atoms with Gasteiger partial charge in [-0.2, -0.15) is 0 Å². The number of methoxy groups -OCH3 is 1. The van der Waals surface area contributed by atoms with Gasteiger partial charge in [0.05, 0.1) is 19.3 Å². The Hall–Kier alpha value is -2.00. The zero-order valence-corrected chi connectivity index (χ0v) is 23.1. The van der Waals surface area contributed by atoms with Gasteiger partial charge in [0.1, 0.15) is 11.6 Å². The van der Waals surface area contributed by atoms with Gasteiger partial charge in [0.15, 0.2) is 0 Å². The number of benzene rings is 2. The molecule has 0 radical (unpaired) electrons. The van der Waals surface area contributed by atoms with Gasteiger partial charge >= 0.3 is 29.6 Å². The van der Waals surface area contributed by atoms with Crippen LogP contribution in [0, 0.1) is 5.82 Å². The number of hydrogen-bond acceptors (Lipinski definition) is 6. The summed E-state index contributed by atoms with van der Waals surface area (Å²) in [5.41, 5.74) is 3.63. The van der Waals surface area contributed by atoms with Gasteiger partial charge in [0.2, 0.25) is 0 Å². The second-order valence-corrected chi connectivity index (χ2v) is 9.42. The van der Waals surface area contributed by atoms with E-state index in [1.54, 1.807) is 42.7 Å². The molecule has 1 heterocycles. The quantitative estimate of drug-likeness (QED) is 0.408. The summed E-state index contributed by atoms with van der Waals surface area (Å²) in [6, 6.07) is 14.0. The van der Waals surface area contributed by atoms with E-state index >= 15 is 0 Å². The standard InChI is InChI=1S/C27H29FO5S.Na/c1-16(2)26-23(13-10-20(29)14-21(30)15-24(31)32)25(17-4-8-19(28)9-5-17)27(34-26)18-6-11-22(33-3)12-7-18;/h4-13,16,20-21,29-30H,14-15H2,1-3H3,(H,31,32);/q;+1/p-1/b13-10+;/t20-,21-;/m1./s1. The van der Waals surface area contributed by atoms with Crippen LogP contribution in [0.4, 0.5) is 4.39 Å². The topological polar surface area (TPSA) is 89.8 Å². The summed E-state index contributed by atoms with van der Waals surface area (Å²) >= 11 is 1.63. The molecule has 0 fully saturated rings. The average molecular weight is 507 g/mol. The number of carboxylic acids is 1. The predicted octanol–water partition coefficient (Wildman–Crippen LogP) is 1.62. The number of carbonyl (C=O) groups excluding carboxylic acids is 1. The number of halogens is 1. The zero-order chi connectivity index (χ0) is 24.8. The first kappa shape index (κ1) is 29.2. The van der Waals surface area contributed by atoms with Crippen molar-refractivity contribution in [3.05, 3.63) is 70.9 Å². The Bertz CT molecular complexity index is 1140. The Morgan fingerprint density at radius 3 is 2.23 bits per heavy atom. The number of rotatable bonds is 10. The van der Waals surface area contributed by atoms with Crippen LogP contribution in [0.15, 0.2) is 54.6 Å². The Morgan fingerprint density at radius 1 is 1.09 bits per heavy atom. The van der Waals surface area contributed by atoms with Crippen molar-refractivity contribution in [3.8, 4) is 27.3 Å². The molecule has 0 aliphatic rings. The number of aliphatic carboxylic acids is 1. The number of aliphatic hydroxyl groups excluding tert-OH is 2. The van der Waals surface area contributed by atoms with E-state index in [9.17, 15) is 24.5 Å². The Labute approximate surface area is 231 Å². The fourth-order valence-electron chi connectivity index (χ4n) is 3.74. The largest absolute Gasteiger partial charge is 1.00 e. The summed E-state index contributed by atoms with van der Waals surface area (Å²) in [6.07, 6.45) is 0.444. The minimum atomic E-state index is -1.37. The summed E-state index contributed by atoms with van der Waals surface area (Å²) in [6.45, 7) is 4.16. The van der Waals surface area contributed by atoms with Crippen molar-refractivity contribution in [1.82, 2.24) is 0 Å². The van der Waals surface area contributed by atoms with Gasteiger partial charge in [0.25, 0.3) is 0 Å². The van der Waals surface area contributed by atoms with E-state index in [4.69, 9.17) is 4.74 Å². The van der Waals surface area contributed by atoms with Crippen LogP contribution in [0.2, 0.25) is 0 Å². The van der Waals surface area contributed by atoms with Crippen LogP contribution in [0.1, 0.15) is 43.0 Å². The SMILES string of the molecule is COc1ccc(-c2sc(C(C)C)c(/C=C/[C@@H](O)C[C@@H](O)CC(=O)[O-])c2-c2ccc(F)cc2)cc1.[Na+]. The van der Waals surface area contributed by atoms with E-state index in [2.05, 4.69) is 13.8 Å². The maximum atomic E-state index is 13.7. The molecular formula is C27H28FNaO5S. The molecule has 0 unspecified atom stereocenters. The first-order valence-electron chi connectivity index (χ1n) is 11.0. The van der Waals surface area contributed by atoms with Crippen molar-refractivity contribution in [2.75, 3.05) is 7.11 Å². The Kier molecular flexibility index (Phi) is 11.1. The summed E-state index contributed by atoms with van der Waals surface area (Å²) < 4.78 is 19.0. The predicted molar refractivity (Wildman–Crippen MR) is 131 cm³/mol. The minimum Gasteiger partial charge on any atom is -0.550 e. The molecule has 180 valence electrons. The molecule has 0 spiro atoms. The van der Waals surface area contributed by atoms with E-state index < -0.39 is 24.6 Å². The van der Waals surface area contributed by atoms with Crippen molar-refractivity contribution in [1.29, 1.82) is 0 Å². The van der Waals surface area contributed by atoms with E-state index in [0.717, 1.165) is 37.8 Å². The maximum Gasteiger partial charge on any atom is 1.00 e. The zero-order valence-electron chi connectivity index (χ0n) is 20.3. The van der Waals surface area contributed by atoms with Gasteiger partial charge in [-0.1, -0.05) is 38.1 Å². The van der Waals surface area contributed by atoms with Gasteiger partial charge in [0, 0.05) is 34.1 Å². The maximum absolute atomic E-state index is 13.7. The van der Waals surface area contributed by atoms with Crippen molar-refractivity contribution in [2.45, 2.75) is 44.8 Å². The molecule has 0 aliphatic heterocycles. The molecule has 3 rings (SSSR count). The van der Waals surface area contributed by atoms with Crippen LogP contribution in [0.5, 0.6) is 5.75 Å². The molecule has 0 saturated carbocycles. The number of hydrogen-bond donors (Lipinski definition) is 2. The van der Waals surface area contributed by atoms with Gasteiger partial charge in [-0.15, -0.1) is 11.3 Å². The molecule has 2 N–H and O–H groups in total. The third-order valence-corrected chi connectivity index (χ3v) is 6.94. The molecule has 35 heavy (non-hydrogen) atoms. The van der Waals surface area contributed by atoms with Crippen LogP contribution in [-0.2, 0) is 4.79 Å². The van der Waals surface area contributed by atoms with Crippen molar-refractivity contribution in [2.24, 2.45) is 0 Å². The summed E-state index contributed by atoms with van der Waals surface area (Å²) in [5, 5.41) is 30.9. The van der Waals surface area contributed by atoms with Gasteiger partial charge < -0.3 is 24.9 Å². The molecule has 1 aromatic heterocycles. The number of ether oxygens (including phenoxy) is 1. The van der Waals surface area contributed by atoms with E-state index in [1.165, 1.54) is 12.1 Å². The minimum absolute atomic E-state index is 0.